The average Bonchev–Trinajstić information content (AvgIpc) is 3.21. The molecule has 0 fully saturated rings. The van der Waals surface area contributed by atoms with Crippen LogP contribution in [0, 0.1) is 6.92 Å². The number of nitrogens with two attached hydrogens (primary N) is 1. The van der Waals surface area contributed by atoms with Gasteiger partial charge in [0.25, 0.3) is 5.91 Å². The van der Waals surface area contributed by atoms with E-state index in [1.807, 2.05) is 25.3 Å². The number of carbonyl (C=O) groups is 1. The smallest absolute Gasteiger partial charge is 0.297 e. The lowest BCUT2D eigenvalue weighted by molar-refractivity contribution is 0.0986. The molecule has 0 saturated heterocycles. The number of aromatic nitrogens is 3. The summed E-state index contributed by atoms with van der Waals surface area (Å²) in [5.41, 5.74) is 1.90. The molecule has 2 heterocycles. The van der Waals surface area contributed by atoms with Gasteiger partial charge in [-0.15, -0.1) is 0 Å². The van der Waals surface area contributed by atoms with Crippen molar-refractivity contribution in [1.29, 1.82) is 0 Å². The van der Waals surface area contributed by atoms with E-state index in [2.05, 4.69) is 10.1 Å². The summed E-state index contributed by atoms with van der Waals surface area (Å²) in [7, 11) is -3.83. The van der Waals surface area contributed by atoms with Crippen LogP contribution in [-0.4, -0.2) is 41.9 Å². The van der Waals surface area contributed by atoms with Gasteiger partial charge in [0, 0.05) is 19.7 Å². The van der Waals surface area contributed by atoms with Crippen molar-refractivity contribution in [3.05, 3.63) is 40.5 Å². The van der Waals surface area contributed by atoms with Crippen molar-refractivity contribution in [2.75, 3.05) is 13.2 Å². The molecule has 2 N–H and O–H groups in total. The van der Waals surface area contributed by atoms with Crippen LogP contribution < -0.4 is 9.94 Å². The van der Waals surface area contributed by atoms with E-state index >= 15 is 0 Å². The lowest BCUT2D eigenvalue weighted by Crippen LogP contribution is -2.20. The molecule has 9 nitrogen and oxygen atoms in total. The van der Waals surface area contributed by atoms with E-state index in [0.29, 0.717) is 41.5 Å². The van der Waals surface area contributed by atoms with Gasteiger partial charge in [-0.05, 0) is 45.0 Å². The molecule has 0 saturated carbocycles. The molecule has 0 bridgehead atoms. The van der Waals surface area contributed by atoms with Crippen LogP contribution in [0.4, 0.5) is 0 Å². The summed E-state index contributed by atoms with van der Waals surface area (Å²) in [6, 6.07) is 6.31. The quantitative estimate of drug-likeness (QED) is 0.563. The fourth-order valence-corrected chi connectivity index (χ4v) is 4.64. The standard InChI is InChI=1S/C18H23N5O4S2/c1-4-23-15(10-12(3)21-23)17(24)20-18-22(8-9-27-5-2)14-7-6-13(29(19,25)26)11-16(14)28-18/h6-7,10-11H,4-5,8-9H2,1-3H3,(H2,19,25,26). The first-order chi connectivity index (χ1) is 13.7. The van der Waals surface area contributed by atoms with Crippen LogP contribution in [0.3, 0.4) is 0 Å². The summed E-state index contributed by atoms with van der Waals surface area (Å²) in [6.07, 6.45) is 0. The molecule has 0 aliphatic heterocycles. The predicted octanol–water partition coefficient (Wildman–Crippen LogP) is 1.65. The maximum Gasteiger partial charge on any atom is 0.297 e. The Balaban J connectivity index is 2.14. The molecule has 156 valence electrons. The first-order valence-electron chi connectivity index (χ1n) is 9.12. The number of hydrogen-bond donors (Lipinski definition) is 1. The number of aryl methyl sites for hydroxylation is 2. The van der Waals surface area contributed by atoms with Crippen molar-refractivity contribution in [3.8, 4) is 0 Å². The molecule has 29 heavy (non-hydrogen) atoms. The summed E-state index contributed by atoms with van der Waals surface area (Å²) in [6.45, 7) is 7.65. The minimum Gasteiger partial charge on any atom is -0.380 e. The molecule has 0 radical (unpaired) electrons. The first-order valence-corrected chi connectivity index (χ1v) is 11.5. The van der Waals surface area contributed by atoms with Gasteiger partial charge >= 0.3 is 0 Å². The van der Waals surface area contributed by atoms with Crippen LogP contribution in [-0.2, 0) is 27.8 Å². The average molecular weight is 438 g/mol. The highest BCUT2D eigenvalue weighted by Gasteiger charge is 2.16. The number of nitrogens with zero attached hydrogens (tertiary/aromatic N) is 4. The third-order valence-corrected chi connectivity index (χ3v) is 6.22. The second-order valence-corrected chi connectivity index (χ2v) is 8.88. The number of sulfonamides is 1. The first kappa shape index (κ1) is 21.4. The molecule has 1 amide bonds. The molecule has 0 atom stereocenters. The van der Waals surface area contributed by atoms with Crippen LogP contribution >= 0.6 is 11.3 Å². The van der Waals surface area contributed by atoms with Crippen LogP contribution in [0.5, 0.6) is 0 Å². The highest BCUT2D eigenvalue weighted by Crippen LogP contribution is 2.21. The van der Waals surface area contributed by atoms with E-state index in [0.717, 1.165) is 11.2 Å². The van der Waals surface area contributed by atoms with Crippen LogP contribution in [0.15, 0.2) is 34.2 Å². The van der Waals surface area contributed by atoms with E-state index in [9.17, 15) is 13.2 Å². The van der Waals surface area contributed by atoms with Gasteiger partial charge in [-0.3, -0.25) is 9.48 Å². The van der Waals surface area contributed by atoms with Crippen molar-refractivity contribution in [1.82, 2.24) is 14.3 Å². The number of rotatable bonds is 7. The third-order valence-electron chi connectivity index (χ3n) is 4.26. The Bertz CT molecular complexity index is 1220. The highest BCUT2D eigenvalue weighted by atomic mass is 32.2. The monoisotopic (exact) mass is 437 g/mol. The second-order valence-electron chi connectivity index (χ2n) is 6.31. The molecule has 2 aromatic heterocycles. The Kier molecular flexibility index (Phi) is 6.32. The number of amides is 1. The Morgan fingerprint density at radius 1 is 1.31 bits per heavy atom. The SMILES string of the molecule is CCOCCn1c(=NC(=O)c2cc(C)nn2CC)sc2cc(S(N)(=O)=O)ccc21. The molecule has 0 spiro atoms. The largest absolute Gasteiger partial charge is 0.380 e. The van der Waals surface area contributed by atoms with Crippen LogP contribution in [0.25, 0.3) is 10.2 Å². The zero-order valence-corrected chi connectivity index (χ0v) is 18.1. The zero-order valence-electron chi connectivity index (χ0n) is 16.5. The zero-order chi connectivity index (χ0) is 21.2. The summed E-state index contributed by atoms with van der Waals surface area (Å²) in [5, 5.41) is 9.53. The number of thiazole rings is 1. The van der Waals surface area contributed by atoms with Gasteiger partial charge in [-0.1, -0.05) is 11.3 Å². The van der Waals surface area contributed by atoms with E-state index in [1.165, 1.54) is 23.5 Å². The van der Waals surface area contributed by atoms with Crippen molar-refractivity contribution >= 4 is 37.5 Å². The van der Waals surface area contributed by atoms with Crippen molar-refractivity contribution in [2.24, 2.45) is 10.1 Å². The maximum absolute atomic E-state index is 12.8. The van der Waals surface area contributed by atoms with Gasteiger partial charge in [0.1, 0.15) is 5.69 Å². The molecule has 0 unspecified atom stereocenters. The number of ether oxygens (including phenoxy) is 1. The van der Waals surface area contributed by atoms with Gasteiger partial charge in [0.05, 0.1) is 27.4 Å². The Morgan fingerprint density at radius 2 is 2.07 bits per heavy atom. The third kappa shape index (κ3) is 4.64. The molecular formula is C18H23N5O4S2. The van der Waals surface area contributed by atoms with E-state index in [-0.39, 0.29) is 4.90 Å². The fourth-order valence-electron chi connectivity index (χ4n) is 2.93. The van der Waals surface area contributed by atoms with E-state index in [4.69, 9.17) is 9.88 Å². The van der Waals surface area contributed by atoms with Gasteiger partial charge in [0.15, 0.2) is 4.80 Å². The lowest BCUT2D eigenvalue weighted by Gasteiger charge is -2.06. The molecule has 3 rings (SSSR count). The van der Waals surface area contributed by atoms with Crippen molar-refractivity contribution in [2.45, 2.75) is 38.8 Å². The van der Waals surface area contributed by atoms with Gasteiger partial charge < -0.3 is 9.30 Å². The molecule has 0 aliphatic rings. The minimum atomic E-state index is -3.83. The summed E-state index contributed by atoms with van der Waals surface area (Å²) < 4.78 is 32.9. The summed E-state index contributed by atoms with van der Waals surface area (Å²) >= 11 is 1.23. The second kappa shape index (κ2) is 8.57. The van der Waals surface area contributed by atoms with Gasteiger partial charge in [-0.25, -0.2) is 13.6 Å². The number of primary sulfonamides is 1. The maximum atomic E-state index is 12.8. The van der Waals surface area contributed by atoms with Crippen LogP contribution in [0.1, 0.15) is 30.0 Å². The Labute approximate surface area is 172 Å². The Hall–Kier alpha value is -2.34. The molecular weight excluding hydrogens is 414 g/mol. The van der Waals surface area contributed by atoms with Crippen molar-refractivity contribution in [3.63, 3.8) is 0 Å². The minimum absolute atomic E-state index is 0.0146. The highest BCUT2D eigenvalue weighted by molar-refractivity contribution is 7.89. The number of fused-ring (bicyclic) bond motifs is 1. The van der Waals surface area contributed by atoms with Gasteiger partial charge in [0.2, 0.25) is 10.0 Å². The van der Waals surface area contributed by atoms with E-state index in [1.54, 1.807) is 16.8 Å². The topological polar surface area (TPSA) is 122 Å². The molecule has 0 aliphatic carbocycles. The van der Waals surface area contributed by atoms with Crippen LogP contribution in [0.2, 0.25) is 0 Å². The van der Waals surface area contributed by atoms with Crippen molar-refractivity contribution < 1.29 is 17.9 Å². The van der Waals surface area contributed by atoms with E-state index < -0.39 is 15.9 Å². The number of carbonyl (C=O) groups excluding carboxylic acids is 1. The Morgan fingerprint density at radius 3 is 2.72 bits per heavy atom. The summed E-state index contributed by atoms with van der Waals surface area (Å²) in [5.74, 6) is -0.407. The summed E-state index contributed by atoms with van der Waals surface area (Å²) in [4.78, 5) is 17.6. The normalized spacial score (nSPS) is 12.8. The molecule has 11 heteroatoms. The lowest BCUT2D eigenvalue weighted by atomic mass is 10.3. The fraction of sp³-hybridized carbons (Fsp3) is 0.389. The van der Waals surface area contributed by atoms with Gasteiger partial charge in [-0.2, -0.15) is 10.1 Å². The predicted molar refractivity (Wildman–Crippen MR) is 110 cm³/mol. The number of hydrogen-bond acceptors (Lipinski definition) is 6. The molecule has 1 aromatic carbocycles. The number of benzene rings is 1. The molecule has 3 aromatic rings.